The van der Waals surface area contributed by atoms with Crippen molar-refractivity contribution in [3.8, 4) is 11.1 Å². The van der Waals surface area contributed by atoms with Crippen LogP contribution in [0.15, 0.2) is 72.3 Å². The van der Waals surface area contributed by atoms with Crippen molar-refractivity contribution in [3.63, 3.8) is 0 Å². The molecule has 0 fully saturated rings. The zero-order chi connectivity index (χ0) is 46.0. The SMILES string of the molecule is CC(C)(COC(C)(C)CCn1cc(CNC(=O)c2ccc(-c3cnc(S(C)(=O)=O)nc3)cc2)nn1)NC(=O)COCC(=O)N[C@@H](CCCCN)C(=O)Nc1ccc(COC=O)cc1. The van der Waals surface area contributed by atoms with Crippen molar-refractivity contribution >= 4 is 45.6 Å². The van der Waals surface area contributed by atoms with E-state index in [1.807, 2.05) is 13.8 Å². The van der Waals surface area contributed by atoms with Crippen LogP contribution in [0.25, 0.3) is 11.1 Å². The molecule has 0 aliphatic carbocycles. The minimum absolute atomic E-state index is 0.105. The largest absolute Gasteiger partial charge is 0.463 e. The first kappa shape index (κ1) is 49.5. The van der Waals surface area contributed by atoms with Crippen molar-refractivity contribution in [2.75, 3.05) is 37.9 Å². The number of carbonyl (C=O) groups excluding carboxylic acids is 5. The molecular weight excluding hydrogens is 837 g/mol. The molecule has 0 spiro atoms. The third-order valence-corrected chi connectivity index (χ3v) is 10.2. The van der Waals surface area contributed by atoms with Gasteiger partial charge in [-0.1, -0.05) is 29.5 Å². The van der Waals surface area contributed by atoms with Crippen LogP contribution in [0.3, 0.4) is 0 Å². The van der Waals surface area contributed by atoms with E-state index in [9.17, 15) is 32.4 Å². The Hall–Kier alpha value is -6.16. The molecule has 4 amide bonds. The van der Waals surface area contributed by atoms with Crippen LogP contribution in [-0.2, 0) is 62.9 Å². The van der Waals surface area contributed by atoms with Gasteiger partial charge in [-0.25, -0.2) is 18.4 Å². The predicted octanol–water partition coefficient (Wildman–Crippen LogP) is 2.09. The lowest BCUT2D eigenvalue weighted by molar-refractivity contribution is -0.135. The molecule has 0 aliphatic heterocycles. The van der Waals surface area contributed by atoms with E-state index in [1.54, 1.807) is 73.3 Å². The number of nitrogens with zero attached hydrogens (tertiary/aromatic N) is 5. The number of aromatic nitrogens is 5. The second-order valence-corrected chi connectivity index (χ2v) is 17.9. The number of anilines is 1. The van der Waals surface area contributed by atoms with E-state index in [2.05, 4.69) is 41.5 Å². The number of sulfone groups is 1. The van der Waals surface area contributed by atoms with Crippen LogP contribution in [0.1, 0.15) is 75.0 Å². The summed E-state index contributed by atoms with van der Waals surface area (Å²) in [7, 11) is -3.51. The topological polar surface area (TPSA) is 278 Å². The van der Waals surface area contributed by atoms with Gasteiger partial charge in [-0.2, -0.15) is 0 Å². The number of amides is 4. The van der Waals surface area contributed by atoms with Crippen molar-refractivity contribution in [2.24, 2.45) is 5.73 Å². The minimum Gasteiger partial charge on any atom is -0.463 e. The first-order chi connectivity index (χ1) is 29.9. The van der Waals surface area contributed by atoms with E-state index in [1.165, 1.54) is 12.4 Å². The van der Waals surface area contributed by atoms with Gasteiger partial charge in [0.2, 0.25) is 32.7 Å². The lowest BCUT2D eigenvalue weighted by Crippen LogP contribution is -2.50. The predicted molar refractivity (Wildman–Crippen MR) is 230 cm³/mol. The number of benzene rings is 2. The number of nitrogens with two attached hydrogens (primary N) is 1. The number of carbonyl (C=O) groups is 5. The lowest BCUT2D eigenvalue weighted by Gasteiger charge is -2.32. The van der Waals surface area contributed by atoms with Crippen molar-refractivity contribution in [2.45, 2.75) is 95.4 Å². The Morgan fingerprint density at radius 3 is 2.25 bits per heavy atom. The molecule has 20 nitrogen and oxygen atoms in total. The van der Waals surface area contributed by atoms with Gasteiger partial charge in [0.05, 0.1) is 30.5 Å². The van der Waals surface area contributed by atoms with Gasteiger partial charge in [0.15, 0.2) is 0 Å². The van der Waals surface area contributed by atoms with Crippen molar-refractivity contribution in [1.82, 2.24) is 40.9 Å². The summed E-state index contributed by atoms with van der Waals surface area (Å²) in [5.41, 5.74) is 7.75. The van der Waals surface area contributed by atoms with E-state index in [-0.39, 0.29) is 30.8 Å². The molecular formula is C42H56N10O10S. The molecule has 4 rings (SSSR count). The molecule has 63 heavy (non-hydrogen) atoms. The Kier molecular flexibility index (Phi) is 18.3. The summed E-state index contributed by atoms with van der Waals surface area (Å²) in [6.07, 6.45) is 7.76. The van der Waals surface area contributed by atoms with Gasteiger partial charge in [-0.3, -0.25) is 28.7 Å². The Labute approximate surface area is 366 Å². The van der Waals surface area contributed by atoms with Crippen LogP contribution >= 0.6 is 0 Å². The fraction of sp³-hybridized carbons (Fsp3) is 0.452. The number of hydrogen-bond acceptors (Lipinski definition) is 15. The number of ether oxygens (including phenoxy) is 3. The third-order valence-electron chi connectivity index (χ3n) is 9.31. The summed E-state index contributed by atoms with van der Waals surface area (Å²) in [5, 5.41) is 19.2. The second kappa shape index (κ2) is 23.3. The first-order valence-corrected chi connectivity index (χ1v) is 22.0. The molecule has 0 saturated heterocycles. The van der Waals surface area contributed by atoms with Gasteiger partial charge in [0, 0.05) is 42.0 Å². The highest BCUT2D eigenvalue weighted by atomic mass is 32.2. The van der Waals surface area contributed by atoms with Crippen molar-refractivity contribution < 1.29 is 46.6 Å². The molecule has 21 heteroatoms. The van der Waals surface area contributed by atoms with Gasteiger partial charge >= 0.3 is 0 Å². The highest BCUT2D eigenvalue weighted by Crippen LogP contribution is 2.20. The Bertz CT molecular complexity index is 2250. The van der Waals surface area contributed by atoms with Crippen LogP contribution in [0, 0.1) is 0 Å². The number of unbranched alkanes of at least 4 members (excludes halogenated alkanes) is 1. The highest BCUT2D eigenvalue weighted by Gasteiger charge is 2.27. The van der Waals surface area contributed by atoms with Gasteiger partial charge in [0.25, 0.3) is 12.4 Å². The maximum Gasteiger partial charge on any atom is 0.293 e. The van der Waals surface area contributed by atoms with Gasteiger partial charge in [0.1, 0.15) is 31.6 Å². The van der Waals surface area contributed by atoms with E-state index in [0.29, 0.717) is 67.8 Å². The second-order valence-electron chi connectivity index (χ2n) is 16.0. The first-order valence-electron chi connectivity index (χ1n) is 20.1. The summed E-state index contributed by atoms with van der Waals surface area (Å²) in [5.74, 6) is -1.76. The molecule has 340 valence electrons. The normalized spacial score (nSPS) is 12.2. The molecule has 2 aromatic heterocycles. The molecule has 0 bridgehead atoms. The third kappa shape index (κ3) is 17.3. The fourth-order valence-electron chi connectivity index (χ4n) is 5.83. The summed E-state index contributed by atoms with van der Waals surface area (Å²) in [4.78, 5) is 69.6. The van der Waals surface area contributed by atoms with E-state index < -0.39 is 58.0 Å². The Morgan fingerprint density at radius 2 is 1.60 bits per heavy atom. The lowest BCUT2D eigenvalue weighted by atomic mass is 10.0. The smallest absolute Gasteiger partial charge is 0.293 e. The average molecular weight is 893 g/mol. The monoisotopic (exact) mass is 892 g/mol. The van der Waals surface area contributed by atoms with Gasteiger partial charge in [-0.05, 0) is 95.3 Å². The number of aryl methyl sites for hydroxylation is 1. The van der Waals surface area contributed by atoms with Crippen LogP contribution in [0.4, 0.5) is 5.69 Å². The molecule has 0 aliphatic rings. The highest BCUT2D eigenvalue weighted by molar-refractivity contribution is 7.90. The van der Waals surface area contributed by atoms with Crippen LogP contribution in [0.2, 0.25) is 0 Å². The molecule has 2 heterocycles. The quantitative estimate of drug-likeness (QED) is 0.0343. The zero-order valence-electron chi connectivity index (χ0n) is 36.1. The molecule has 6 N–H and O–H groups in total. The number of nitrogens with one attached hydrogen (secondary N) is 4. The molecule has 4 aromatic rings. The molecule has 2 aromatic carbocycles. The summed E-state index contributed by atoms with van der Waals surface area (Å²) in [6, 6.07) is 12.6. The van der Waals surface area contributed by atoms with E-state index >= 15 is 0 Å². The van der Waals surface area contributed by atoms with Crippen LogP contribution in [0.5, 0.6) is 0 Å². The van der Waals surface area contributed by atoms with Crippen LogP contribution < -0.4 is 27.0 Å². The maximum absolute atomic E-state index is 13.1. The summed E-state index contributed by atoms with van der Waals surface area (Å²) >= 11 is 0. The molecule has 0 radical (unpaired) electrons. The maximum atomic E-state index is 13.1. The average Bonchev–Trinajstić information content (AvgIpc) is 3.71. The van der Waals surface area contributed by atoms with E-state index in [0.717, 1.165) is 17.4 Å². The number of hydrogen-bond donors (Lipinski definition) is 5. The summed E-state index contributed by atoms with van der Waals surface area (Å²) < 4.78 is 41.2. The standard InChI is InChI=1S/C42H56N10O10S/c1-41(2,49-37(55)26-60-25-36(54)48-35(8-6-7-18-43)39(57)47-33-15-9-29(10-16-33)24-61-28-53)27-62-42(3,4)17-19-52-23-34(50-51-52)22-44-38(56)31-13-11-30(12-14-31)32-20-45-40(46-21-32)63(5,58)59/h9-16,20-21,23,28,35H,6-8,17-19,22,24-27,43H2,1-5H3,(H,44,56)(H,47,57)(H,48,54)(H,49,55)/t35-/m0/s1. The minimum atomic E-state index is -3.51. The van der Waals surface area contributed by atoms with Crippen molar-refractivity contribution in [3.05, 3.63) is 83.9 Å². The van der Waals surface area contributed by atoms with Crippen LogP contribution in [-0.4, -0.2) is 113 Å². The molecule has 1 atom stereocenters. The molecule has 0 saturated carbocycles. The zero-order valence-corrected chi connectivity index (χ0v) is 36.9. The Balaban J connectivity index is 1.15. The summed E-state index contributed by atoms with van der Waals surface area (Å²) in [6.45, 7) is 8.27. The van der Waals surface area contributed by atoms with Gasteiger partial charge < -0.3 is 41.2 Å². The van der Waals surface area contributed by atoms with E-state index in [4.69, 9.17) is 19.9 Å². The van der Waals surface area contributed by atoms with Crippen molar-refractivity contribution in [1.29, 1.82) is 0 Å². The fourth-order valence-corrected chi connectivity index (χ4v) is 6.32. The van der Waals surface area contributed by atoms with Gasteiger partial charge in [-0.15, -0.1) is 5.10 Å². The Morgan fingerprint density at radius 1 is 0.921 bits per heavy atom. The molecule has 0 unspecified atom stereocenters. The number of rotatable bonds is 26.